The van der Waals surface area contributed by atoms with Crippen molar-refractivity contribution in [2.45, 2.75) is 57.5 Å². The second kappa shape index (κ2) is 8.08. The molecule has 2 aliphatic rings. The molecule has 0 saturated carbocycles. The van der Waals surface area contributed by atoms with Crippen molar-refractivity contribution in [3.63, 3.8) is 0 Å². The number of nitrogens with zero attached hydrogens (tertiary/aromatic N) is 1. The van der Waals surface area contributed by atoms with Crippen LogP contribution in [0.25, 0.3) is 0 Å². The fraction of sp³-hybridized carbons (Fsp3) is 0.611. The maximum atomic E-state index is 5.98. The number of ether oxygens (including phenoxy) is 2. The van der Waals surface area contributed by atoms with Gasteiger partial charge in [-0.05, 0) is 51.3 Å². The van der Waals surface area contributed by atoms with Crippen molar-refractivity contribution in [3.05, 3.63) is 29.3 Å². The molecule has 2 bridgehead atoms. The molecule has 24 heavy (non-hydrogen) atoms. The molecule has 5 nitrogen and oxygen atoms in total. The molecule has 0 aliphatic carbocycles. The van der Waals surface area contributed by atoms with E-state index in [1.807, 2.05) is 31.2 Å². The van der Waals surface area contributed by atoms with Gasteiger partial charge in [-0.1, -0.05) is 17.7 Å². The predicted molar refractivity (Wildman–Crippen MR) is 97.0 cm³/mol. The van der Waals surface area contributed by atoms with E-state index in [1.165, 1.54) is 6.42 Å². The number of hydrogen-bond donors (Lipinski definition) is 2. The molecule has 2 N–H and O–H groups in total. The third-order valence-corrected chi connectivity index (χ3v) is 4.65. The lowest BCUT2D eigenvalue weighted by molar-refractivity contribution is 0.0992. The average molecular weight is 352 g/mol. The smallest absolute Gasteiger partial charge is 0.191 e. The Morgan fingerprint density at radius 2 is 2.33 bits per heavy atom. The molecular formula is C18H26ClN3O2. The third kappa shape index (κ3) is 4.54. The maximum Gasteiger partial charge on any atom is 0.191 e. The molecule has 132 valence electrons. The van der Waals surface area contributed by atoms with Crippen LogP contribution in [0.1, 0.15) is 33.1 Å². The van der Waals surface area contributed by atoms with E-state index >= 15 is 0 Å². The summed E-state index contributed by atoms with van der Waals surface area (Å²) in [5.74, 6) is 1.60. The zero-order valence-corrected chi connectivity index (χ0v) is 15.1. The molecule has 1 aromatic rings. The Labute approximate surface area is 148 Å². The highest BCUT2D eigenvalue weighted by atomic mass is 35.5. The number of rotatable bonds is 6. The Balaban J connectivity index is 1.53. The molecular weight excluding hydrogens is 326 g/mol. The van der Waals surface area contributed by atoms with Crippen LogP contribution >= 0.6 is 11.6 Å². The van der Waals surface area contributed by atoms with Crippen LogP contribution in [-0.2, 0) is 4.74 Å². The molecule has 0 aromatic heterocycles. The van der Waals surface area contributed by atoms with E-state index in [0.29, 0.717) is 29.8 Å². The van der Waals surface area contributed by atoms with Gasteiger partial charge in [0.25, 0.3) is 0 Å². The van der Waals surface area contributed by atoms with Gasteiger partial charge in [-0.3, -0.25) is 0 Å². The highest BCUT2D eigenvalue weighted by molar-refractivity contribution is 6.30. The summed E-state index contributed by atoms with van der Waals surface area (Å²) in [4.78, 5) is 4.66. The number of nitrogens with one attached hydrogen (secondary N) is 2. The Bertz CT molecular complexity index is 581. The molecule has 0 amide bonds. The summed E-state index contributed by atoms with van der Waals surface area (Å²) in [6.07, 6.45) is 4.15. The molecule has 3 rings (SSSR count). The van der Waals surface area contributed by atoms with Crippen LogP contribution in [0.15, 0.2) is 29.3 Å². The van der Waals surface area contributed by atoms with E-state index < -0.39 is 0 Å². The van der Waals surface area contributed by atoms with Crippen LogP contribution in [0.3, 0.4) is 0 Å². The zero-order valence-electron chi connectivity index (χ0n) is 14.3. The first-order valence-electron chi connectivity index (χ1n) is 8.76. The number of fused-ring (bicyclic) bond motifs is 2. The number of halogens is 1. The van der Waals surface area contributed by atoms with Crippen molar-refractivity contribution in [1.82, 2.24) is 10.6 Å². The summed E-state index contributed by atoms with van der Waals surface area (Å²) in [5, 5.41) is 7.49. The van der Waals surface area contributed by atoms with Crippen molar-refractivity contribution < 1.29 is 9.47 Å². The zero-order chi connectivity index (χ0) is 16.9. The summed E-state index contributed by atoms with van der Waals surface area (Å²) < 4.78 is 11.8. The van der Waals surface area contributed by atoms with E-state index in [9.17, 15) is 0 Å². The van der Waals surface area contributed by atoms with Crippen molar-refractivity contribution in [2.75, 3.05) is 13.1 Å². The largest absolute Gasteiger partial charge is 0.489 e. The molecule has 2 heterocycles. The lowest BCUT2D eigenvalue weighted by atomic mass is 9.96. The highest BCUT2D eigenvalue weighted by Crippen LogP contribution is 2.34. The monoisotopic (exact) mass is 351 g/mol. The van der Waals surface area contributed by atoms with Gasteiger partial charge in [-0.15, -0.1) is 0 Å². The van der Waals surface area contributed by atoms with Crippen LogP contribution in [0.4, 0.5) is 0 Å². The Hall–Kier alpha value is -1.46. The van der Waals surface area contributed by atoms with Crippen LogP contribution in [0.5, 0.6) is 5.75 Å². The minimum Gasteiger partial charge on any atom is -0.489 e. The first-order chi connectivity index (χ1) is 11.6. The van der Waals surface area contributed by atoms with Gasteiger partial charge in [0.15, 0.2) is 5.96 Å². The standard InChI is InChI=1S/C18H26ClN3O2/c1-3-20-18(22-16-10-15-7-8-17(16)24-15)21-11-12(2)23-14-6-4-5-13(19)9-14/h4-6,9,12,15-17H,3,7-8,10-11H2,1-2H3,(H2,20,21,22). The molecule has 4 unspecified atom stereocenters. The SMILES string of the molecule is CCNC(=NCC(C)Oc1cccc(Cl)c1)NC1CC2CCC1O2. The van der Waals surface area contributed by atoms with E-state index in [4.69, 9.17) is 21.1 Å². The van der Waals surface area contributed by atoms with E-state index in [0.717, 1.165) is 31.1 Å². The van der Waals surface area contributed by atoms with Gasteiger partial charge >= 0.3 is 0 Å². The molecule has 1 aromatic carbocycles. The molecule has 2 saturated heterocycles. The first kappa shape index (κ1) is 17.4. The fourth-order valence-electron chi connectivity index (χ4n) is 3.32. The van der Waals surface area contributed by atoms with Crippen molar-refractivity contribution in [1.29, 1.82) is 0 Å². The lowest BCUT2D eigenvalue weighted by Crippen LogP contribution is -2.47. The minimum absolute atomic E-state index is 0.0322. The minimum atomic E-state index is -0.0322. The van der Waals surface area contributed by atoms with E-state index in [1.54, 1.807) is 0 Å². The topological polar surface area (TPSA) is 54.9 Å². The summed E-state index contributed by atoms with van der Waals surface area (Å²) in [5.41, 5.74) is 0. The highest BCUT2D eigenvalue weighted by Gasteiger charge is 2.41. The van der Waals surface area contributed by atoms with Crippen LogP contribution in [0.2, 0.25) is 5.02 Å². The lowest BCUT2D eigenvalue weighted by Gasteiger charge is -2.23. The maximum absolute atomic E-state index is 5.98. The molecule has 0 spiro atoms. The normalized spacial score (nSPS) is 27.1. The second-order valence-electron chi connectivity index (χ2n) is 6.47. The Morgan fingerprint density at radius 1 is 1.46 bits per heavy atom. The van der Waals surface area contributed by atoms with Gasteiger partial charge in [0.1, 0.15) is 11.9 Å². The number of benzene rings is 1. The number of hydrogen-bond acceptors (Lipinski definition) is 3. The van der Waals surface area contributed by atoms with Crippen LogP contribution in [0, 0.1) is 0 Å². The van der Waals surface area contributed by atoms with Gasteiger partial charge < -0.3 is 20.1 Å². The Kier molecular flexibility index (Phi) is 5.85. The van der Waals surface area contributed by atoms with Crippen molar-refractivity contribution >= 4 is 17.6 Å². The fourth-order valence-corrected chi connectivity index (χ4v) is 3.50. The average Bonchev–Trinajstić information content (AvgIpc) is 3.15. The van der Waals surface area contributed by atoms with E-state index in [2.05, 4.69) is 22.5 Å². The molecule has 2 aliphatic heterocycles. The summed E-state index contributed by atoms with van der Waals surface area (Å²) >= 11 is 5.98. The number of aliphatic imine (C=N–C) groups is 1. The number of guanidine groups is 1. The molecule has 0 radical (unpaired) electrons. The van der Waals surface area contributed by atoms with Gasteiger partial charge in [-0.25, -0.2) is 4.99 Å². The third-order valence-electron chi connectivity index (χ3n) is 4.41. The first-order valence-corrected chi connectivity index (χ1v) is 9.14. The van der Waals surface area contributed by atoms with Gasteiger partial charge in [0, 0.05) is 11.6 Å². The predicted octanol–water partition coefficient (Wildman–Crippen LogP) is 2.98. The molecule has 2 fully saturated rings. The Morgan fingerprint density at radius 3 is 3.00 bits per heavy atom. The molecule has 4 atom stereocenters. The van der Waals surface area contributed by atoms with E-state index in [-0.39, 0.29) is 6.10 Å². The van der Waals surface area contributed by atoms with Crippen molar-refractivity contribution in [2.24, 2.45) is 4.99 Å². The quantitative estimate of drug-likeness (QED) is 0.611. The molecule has 6 heteroatoms. The summed E-state index contributed by atoms with van der Waals surface area (Å²) in [7, 11) is 0. The van der Waals surface area contributed by atoms with Crippen LogP contribution < -0.4 is 15.4 Å². The summed E-state index contributed by atoms with van der Waals surface area (Å²) in [6, 6.07) is 7.81. The summed E-state index contributed by atoms with van der Waals surface area (Å²) in [6.45, 7) is 5.48. The van der Waals surface area contributed by atoms with Crippen LogP contribution in [-0.4, -0.2) is 43.4 Å². The van der Waals surface area contributed by atoms with Gasteiger partial charge in [0.2, 0.25) is 0 Å². The second-order valence-corrected chi connectivity index (χ2v) is 6.90. The van der Waals surface area contributed by atoms with Gasteiger partial charge in [0.05, 0.1) is 24.8 Å². The van der Waals surface area contributed by atoms with Gasteiger partial charge in [-0.2, -0.15) is 0 Å². The van der Waals surface area contributed by atoms with Crippen molar-refractivity contribution in [3.8, 4) is 5.75 Å².